The molecule has 0 aliphatic carbocycles. The van der Waals surface area contributed by atoms with Gasteiger partial charge in [0.2, 0.25) is 0 Å². The average molecular weight is 821 g/mol. The van der Waals surface area contributed by atoms with Crippen LogP contribution in [0.3, 0.4) is 0 Å². The topological polar surface area (TPSA) is 78.9 Å². The molecule has 6 heteroatoms. The summed E-state index contributed by atoms with van der Waals surface area (Å²) in [5.74, 6) is 0.00627. The second-order valence-corrected chi connectivity index (χ2v) is 18.3. The first kappa shape index (κ1) is 56.4. The third-order valence-corrected chi connectivity index (χ3v) is 11.8. The fraction of sp³-hybridized carbons (Fsp3) is 0.942. The normalized spacial score (nSPS) is 11.9. The van der Waals surface area contributed by atoms with Gasteiger partial charge in [-0.25, -0.2) is 0 Å². The standard InChI is InChI=1S/C52H100O6/c1-5-7-9-11-13-15-23-28-31-35-39-43-50(53)56-46-49(58-52(55)45-41-37-33-27-16-14-12-10-8-6-2)47-57-51(54)44-40-36-32-29-25-22-20-18-17-19-21-24-26-30-34-38-42-48(3)4/h48-49H,5-47H2,1-4H3/t49-/m1/s1. The van der Waals surface area contributed by atoms with Crippen LogP contribution in [0, 0.1) is 5.92 Å². The Bertz CT molecular complexity index is 872. The minimum atomic E-state index is -0.759. The van der Waals surface area contributed by atoms with Crippen molar-refractivity contribution >= 4 is 17.9 Å². The lowest BCUT2D eigenvalue weighted by molar-refractivity contribution is -0.167. The Morgan fingerprint density at radius 2 is 0.569 bits per heavy atom. The molecule has 0 N–H and O–H groups in total. The summed E-state index contributed by atoms with van der Waals surface area (Å²) in [6.07, 6.45) is 48.0. The van der Waals surface area contributed by atoms with Crippen LogP contribution >= 0.6 is 0 Å². The summed E-state index contributed by atoms with van der Waals surface area (Å²) >= 11 is 0. The molecule has 344 valence electrons. The number of rotatable bonds is 47. The Morgan fingerprint density at radius 1 is 0.328 bits per heavy atom. The lowest BCUT2D eigenvalue weighted by Crippen LogP contribution is -2.30. The van der Waals surface area contributed by atoms with Crippen LogP contribution in [0.4, 0.5) is 0 Å². The van der Waals surface area contributed by atoms with E-state index in [4.69, 9.17) is 14.2 Å². The Kier molecular flexibility index (Phi) is 45.2. The van der Waals surface area contributed by atoms with Crippen molar-refractivity contribution in [3.8, 4) is 0 Å². The molecule has 0 radical (unpaired) electrons. The van der Waals surface area contributed by atoms with Crippen molar-refractivity contribution in [3.05, 3.63) is 0 Å². The molecule has 0 saturated carbocycles. The van der Waals surface area contributed by atoms with E-state index in [-0.39, 0.29) is 31.1 Å². The van der Waals surface area contributed by atoms with Gasteiger partial charge >= 0.3 is 17.9 Å². The van der Waals surface area contributed by atoms with Gasteiger partial charge in [0.15, 0.2) is 6.10 Å². The van der Waals surface area contributed by atoms with Gasteiger partial charge in [-0.3, -0.25) is 14.4 Å². The number of hydrogen-bond donors (Lipinski definition) is 0. The predicted octanol–water partition coefficient (Wildman–Crippen LogP) is 16.7. The van der Waals surface area contributed by atoms with Gasteiger partial charge in [0.05, 0.1) is 0 Å². The van der Waals surface area contributed by atoms with Gasteiger partial charge < -0.3 is 14.2 Å². The SMILES string of the molecule is CCCCCCCCCCCCCC(=O)OC[C@H](COC(=O)CCCCCCCCCCCCCCCCCCC(C)C)OC(=O)CCCCCCCCCCCC. The predicted molar refractivity (Wildman–Crippen MR) is 247 cm³/mol. The van der Waals surface area contributed by atoms with Crippen molar-refractivity contribution in [1.29, 1.82) is 0 Å². The molecule has 58 heavy (non-hydrogen) atoms. The molecule has 0 aromatic rings. The fourth-order valence-corrected chi connectivity index (χ4v) is 7.86. The summed E-state index contributed by atoms with van der Waals surface area (Å²) in [5.41, 5.74) is 0. The van der Waals surface area contributed by atoms with Crippen LogP contribution in [-0.2, 0) is 28.6 Å². The van der Waals surface area contributed by atoms with Crippen LogP contribution in [0.2, 0.25) is 0 Å². The van der Waals surface area contributed by atoms with Crippen LogP contribution < -0.4 is 0 Å². The molecular formula is C52H100O6. The van der Waals surface area contributed by atoms with Gasteiger partial charge in [0.1, 0.15) is 13.2 Å². The molecule has 0 aromatic heterocycles. The minimum Gasteiger partial charge on any atom is -0.462 e. The van der Waals surface area contributed by atoms with E-state index in [2.05, 4.69) is 27.7 Å². The van der Waals surface area contributed by atoms with E-state index in [0.29, 0.717) is 19.3 Å². The highest BCUT2D eigenvalue weighted by Gasteiger charge is 2.19. The van der Waals surface area contributed by atoms with E-state index in [1.54, 1.807) is 0 Å². The Morgan fingerprint density at radius 3 is 0.845 bits per heavy atom. The molecular weight excluding hydrogens is 721 g/mol. The molecule has 0 unspecified atom stereocenters. The van der Waals surface area contributed by atoms with E-state index in [1.165, 1.54) is 186 Å². The molecule has 1 atom stereocenters. The van der Waals surface area contributed by atoms with Crippen molar-refractivity contribution in [3.63, 3.8) is 0 Å². The quantitative estimate of drug-likeness (QED) is 0.0346. The summed E-state index contributed by atoms with van der Waals surface area (Å²) < 4.78 is 16.8. The lowest BCUT2D eigenvalue weighted by Gasteiger charge is -2.18. The number of carbonyl (C=O) groups is 3. The zero-order valence-corrected chi connectivity index (χ0v) is 39.5. The number of carbonyl (C=O) groups excluding carboxylic acids is 3. The van der Waals surface area contributed by atoms with Crippen molar-refractivity contribution in [2.45, 2.75) is 297 Å². The van der Waals surface area contributed by atoms with E-state index >= 15 is 0 Å². The van der Waals surface area contributed by atoms with Crippen molar-refractivity contribution in [2.75, 3.05) is 13.2 Å². The van der Waals surface area contributed by atoms with Crippen LogP contribution in [0.1, 0.15) is 291 Å². The maximum Gasteiger partial charge on any atom is 0.306 e. The average Bonchev–Trinajstić information content (AvgIpc) is 3.21. The Labute approximate surface area is 361 Å². The first-order chi connectivity index (χ1) is 28.4. The summed E-state index contributed by atoms with van der Waals surface area (Å²) in [7, 11) is 0. The van der Waals surface area contributed by atoms with Crippen molar-refractivity contribution < 1.29 is 28.6 Å². The highest BCUT2D eigenvalue weighted by atomic mass is 16.6. The van der Waals surface area contributed by atoms with Gasteiger partial charge in [0, 0.05) is 19.3 Å². The monoisotopic (exact) mass is 821 g/mol. The molecule has 0 aliphatic heterocycles. The van der Waals surface area contributed by atoms with Gasteiger partial charge in [0.25, 0.3) is 0 Å². The molecule has 0 rings (SSSR count). The zero-order chi connectivity index (χ0) is 42.4. The molecule has 0 amide bonds. The second kappa shape index (κ2) is 46.5. The number of hydrogen-bond acceptors (Lipinski definition) is 6. The van der Waals surface area contributed by atoms with Gasteiger partial charge in [-0.1, -0.05) is 252 Å². The van der Waals surface area contributed by atoms with Crippen LogP contribution in [-0.4, -0.2) is 37.2 Å². The van der Waals surface area contributed by atoms with Gasteiger partial charge in [-0.2, -0.15) is 0 Å². The Hall–Kier alpha value is -1.59. The van der Waals surface area contributed by atoms with E-state index < -0.39 is 6.10 Å². The molecule has 0 aliphatic rings. The van der Waals surface area contributed by atoms with Crippen molar-refractivity contribution in [2.24, 2.45) is 5.92 Å². The summed E-state index contributed by atoms with van der Waals surface area (Å²) in [6, 6.07) is 0. The van der Waals surface area contributed by atoms with E-state index in [0.717, 1.165) is 63.7 Å². The maximum atomic E-state index is 12.7. The lowest BCUT2D eigenvalue weighted by atomic mass is 10.0. The third kappa shape index (κ3) is 45.5. The van der Waals surface area contributed by atoms with Crippen LogP contribution in [0.5, 0.6) is 0 Å². The van der Waals surface area contributed by atoms with Gasteiger partial charge in [-0.15, -0.1) is 0 Å². The highest BCUT2D eigenvalue weighted by molar-refractivity contribution is 5.71. The zero-order valence-electron chi connectivity index (χ0n) is 39.5. The van der Waals surface area contributed by atoms with Crippen LogP contribution in [0.15, 0.2) is 0 Å². The smallest absolute Gasteiger partial charge is 0.306 e. The summed E-state index contributed by atoms with van der Waals surface area (Å²) in [4.78, 5) is 37.8. The molecule has 0 aromatic carbocycles. The largest absolute Gasteiger partial charge is 0.462 e. The first-order valence-corrected chi connectivity index (χ1v) is 25.9. The molecule has 0 fully saturated rings. The number of ether oxygens (including phenoxy) is 3. The molecule has 0 spiro atoms. The third-order valence-electron chi connectivity index (χ3n) is 11.8. The van der Waals surface area contributed by atoms with Crippen LogP contribution in [0.25, 0.3) is 0 Å². The fourth-order valence-electron chi connectivity index (χ4n) is 7.86. The summed E-state index contributed by atoms with van der Waals surface area (Å²) in [5, 5.41) is 0. The number of unbranched alkanes of at least 4 members (excludes halogenated alkanes) is 34. The molecule has 0 saturated heterocycles. The Balaban J connectivity index is 4.21. The molecule has 6 nitrogen and oxygen atoms in total. The summed E-state index contributed by atoms with van der Waals surface area (Å²) in [6.45, 7) is 9.02. The van der Waals surface area contributed by atoms with Crippen molar-refractivity contribution in [1.82, 2.24) is 0 Å². The molecule has 0 bridgehead atoms. The second-order valence-electron chi connectivity index (χ2n) is 18.3. The minimum absolute atomic E-state index is 0.0627. The van der Waals surface area contributed by atoms with Gasteiger partial charge in [-0.05, 0) is 25.2 Å². The van der Waals surface area contributed by atoms with E-state index in [1.807, 2.05) is 0 Å². The molecule has 0 heterocycles. The van der Waals surface area contributed by atoms with E-state index in [9.17, 15) is 14.4 Å². The number of esters is 3. The first-order valence-electron chi connectivity index (χ1n) is 25.9. The maximum absolute atomic E-state index is 12.7. The highest BCUT2D eigenvalue weighted by Crippen LogP contribution is 2.17.